The van der Waals surface area contributed by atoms with Gasteiger partial charge < -0.3 is 14.6 Å². The first-order valence-corrected chi connectivity index (χ1v) is 7.41. The second kappa shape index (κ2) is 6.28. The van der Waals surface area contributed by atoms with Gasteiger partial charge in [-0.25, -0.2) is 4.79 Å². The van der Waals surface area contributed by atoms with Gasteiger partial charge in [-0.1, -0.05) is 6.07 Å². The average Bonchev–Trinajstić information content (AvgIpc) is 2.79. The first kappa shape index (κ1) is 14.9. The highest BCUT2D eigenvalue weighted by molar-refractivity contribution is 9.10. The Labute approximate surface area is 129 Å². The van der Waals surface area contributed by atoms with Crippen LogP contribution in [0.15, 0.2) is 28.7 Å². The lowest BCUT2D eigenvalue weighted by molar-refractivity contribution is 0.0702. The molecular weight excluding hydrogens is 344 g/mol. The zero-order chi connectivity index (χ0) is 14.7. The molecule has 0 aliphatic heterocycles. The fraction of sp³-hybridized carbons (Fsp3) is 0.214. The number of carboxylic acids is 1. The highest BCUT2D eigenvalue weighted by Crippen LogP contribution is 2.36. The third-order valence-electron chi connectivity index (χ3n) is 2.75. The van der Waals surface area contributed by atoms with Gasteiger partial charge in [-0.15, -0.1) is 11.3 Å². The van der Waals surface area contributed by atoms with Gasteiger partial charge in [0.15, 0.2) is 11.5 Å². The second-order valence-corrected chi connectivity index (χ2v) is 6.17. The Hall–Kier alpha value is -1.53. The Morgan fingerprint density at radius 1 is 1.45 bits per heavy atom. The molecule has 0 unspecified atom stereocenters. The number of carboxylic acid groups (broad SMARTS) is 1. The summed E-state index contributed by atoms with van der Waals surface area (Å²) in [5, 5.41) is 8.98. The van der Waals surface area contributed by atoms with Gasteiger partial charge >= 0.3 is 5.97 Å². The number of rotatable bonds is 5. The number of thiophene rings is 1. The molecule has 1 aromatic heterocycles. The molecule has 0 radical (unpaired) electrons. The predicted molar refractivity (Wildman–Crippen MR) is 81.0 cm³/mol. The van der Waals surface area contributed by atoms with Crippen molar-refractivity contribution in [3.8, 4) is 11.5 Å². The Morgan fingerprint density at radius 2 is 2.20 bits per heavy atom. The van der Waals surface area contributed by atoms with E-state index in [-0.39, 0.29) is 0 Å². The summed E-state index contributed by atoms with van der Waals surface area (Å²) in [7, 11) is 1.58. The van der Waals surface area contributed by atoms with E-state index in [1.807, 2.05) is 25.1 Å². The van der Waals surface area contributed by atoms with E-state index in [0.717, 1.165) is 14.9 Å². The Bertz CT molecular complexity index is 636. The Morgan fingerprint density at radius 3 is 2.80 bits per heavy atom. The third-order valence-corrected chi connectivity index (χ3v) is 4.46. The maximum atomic E-state index is 10.9. The van der Waals surface area contributed by atoms with Crippen LogP contribution in [0.1, 0.15) is 20.1 Å². The molecule has 0 aliphatic carbocycles. The van der Waals surface area contributed by atoms with Crippen LogP contribution in [0.5, 0.6) is 11.5 Å². The van der Waals surface area contributed by atoms with Gasteiger partial charge in [-0.2, -0.15) is 0 Å². The lowest BCUT2D eigenvalue weighted by Crippen LogP contribution is -1.99. The number of methoxy groups -OCH3 is 1. The summed E-state index contributed by atoms with van der Waals surface area (Å²) in [5.41, 5.74) is 0.866. The van der Waals surface area contributed by atoms with E-state index < -0.39 is 5.97 Å². The summed E-state index contributed by atoms with van der Waals surface area (Å²) >= 11 is 4.66. The molecule has 20 heavy (non-hydrogen) atoms. The van der Waals surface area contributed by atoms with E-state index in [1.165, 1.54) is 11.3 Å². The van der Waals surface area contributed by atoms with Crippen molar-refractivity contribution in [2.45, 2.75) is 13.5 Å². The number of hydrogen-bond donors (Lipinski definition) is 1. The number of ether oxygens (including phenoxy) is 2. The van der Waals surface area contributed by atoms with Gasteiger partial charge in [0, 0.05) is 10.4 Å². The SMILES string of the molecule is COc1cccc(Br)c1OCc1cc(C(=O)O)sc1C. The quantitative estimate of drug-likeness (QED) is 0.875. The number of hydrogen-bond acceptors (Lipinski definition) is 4. The Kier molecular flexibility index (Phi) is 4.67. The summed E-state index contributed by atoms with van der Waals surface area (Å²) in [6.45, 7) is 2.18. The summed E-state index contributed by atoms with van der Waals surface area (Å²) in [6.07, 6.45) is 0. The highest BCUT2D eigenvalue weighted by atomic mass is 79.9. The molecule has 1 aromatic carbocycles. The number of halogens is 1. The second-order valence-electron chi connectivity index (χ2n) is 4.06. The molecule has 6 heteroatoms. The number of para-hydroxylation sites is 1. The molecule has 1 N–H and O–H groups in total. The maximum Gasteiger partial charge on any atom is 0.345 e. The van der Waals surface area contributed by atoms with E-state index in [1.54, 1.807) is 13.2 Å². The fourth-order valence-electron chi connectivity index (χ4n) is 1.71. The molecule has 0 amide bonds. The van der Waals surface area contributed by atoms with Crippen LogP contribution in [-0.2, 0) is 6.61 Å². The monoisotopic (exact) mass is 356 g/mol. The van der Waals surface area contributed by atoms with Gasteiger partial charge in [-0.3, -0.25) is 0 Å². The topological polar surface area (TPSA) is 55.8 Å². The van der Waals surface area contributed by atoms with E-state index in [9.17, 15) is 4.79 Å². The van der Waals surface area contributed by atoms with E-state index in [0.29, 0.717) is 23.0 Å². The molecule has 0 saturated carbocycles. The van der Waals surface area contributed by atoms with Gasteiger partial charge in [0.25, 0.3) is 0 Å². The van der Waals surface area contributed by atoms with Crippen LogP contribution < -0.4 is 9.47 Å². The Balaban J connectivity index is 2.19. The summed E-state index contributed by atoms with van der Waals surface area (Å²) < 4.78 is 11.8. The van der Waals surface area contributed by atoms with Crippen molar-refractivity contribution >= 4 is 33.2 Å². The minimum absolute atomic E-state index is 0.300. The zero-order valence-corrected chi connectivity index (χ0v) is 13.4. The zero-order valence-electron chi connectivity index (χ0n) is 11.0. The average molecular weight is 357 g/mol. The number of carbonyl (C=O) groups is 1. The summed E-state index contributed by atoms with van der Waals surface area (Å²) in [5.74, 6) is 0.325. The molecule has 0 spiro atoms. The summed E-state index contributed by atoms with van der Waals surface area (Å²) in [4.78, 5) is 12.2. The number of aromatic carboxylic acids is 1. The lowest BCUT2D eigenvalue weighted by Gasteiger charge is -2.12. The van der Waals surface area contributed by atoms with Crippen LogP contribution in [0.25, 0.3) is 0 Å². The smallest absolute Gasteiger partial charge is 0.345 e. The number of benzene rings is 1. The normalized spacial score (nSPS) is 10.3. The molecule has 0 saturated heterocycles. The molecule has 106 valence electrons. The molecule has 4 nitrogen and oxygen atoms in total. The third kappa shape index (κ3) is 3.13. The van der Waals surface area contributed by atoms with E-state index in [4.69, 9.17) is 14.6 Å². The van der Waals surface area contributed by atoms with Crippen LogP contribution >= 0.6 is 27.3 Å². The minimum Gasteiger partial charge on any atom is -0.493 e. The summed E-state index contributed by atoms with van der Waals surface area (Å²) in [6, 6.07) is 7.17. The van der Waals surface area contributed by atoms with Crippen LogP contribution in [0.4, 0.5) is 0 Å². The van der Waals surface area contributed by atoms with Crippen molar-refractivity contribution in [2.24, 2.45) is 0 Å². The van der Waals surface area contributed by atoms with E-state index in [2.05, 4.69) is 15.9 Å². The van der Waals surface area contributed by atoms with Gasteiger partial charge in [0.05, 0.1) is 11.6 Å². The molecule has 0 aliphatic rings. The first-order valence-electron chi connectivity index (χ1n) is 5.81. The van der Waals surface area contributed by atoms with E-state index >= 15 is 0 Å². The molecule has 1 heterocycles. The van der Waals surface area contributed by atoms with Crippen LogP contribution in [0.3, 0.4) is 0 Å². The number of aryl methyl sites for hydroxylation is 1. The molecule has 0 bridgehead atoms. The highest BCUT2D eigenvalue weighted by Gasteiger charge is 2.13. The van der Waals surface area contributed by atoms with Gasteiger partial charge in [-0.05, 0) is 41.1 Å². The molecular formula is C14H13BrO4S. The first-order chi connectivity index (χ1) is 9.52. The largest absolute Gasteiger partial charge is 0.493 e. The van der Waals surface area contributed by atoms with Gasteiger partial charge in [0.1, 0.15) is 11.5 Å². The molecule has 2 aromatic rings. The van der Waals surface area contributed by atoms with Crippen LogP contribution in [-0.4, -0.2) is 18.2 Å². The van der Waals surface area contributed by atoms with Crippen molar-refractivity contribution in [1.29, 1.82) is 0 Å². The molecule has 2 rings (SSSR count). The standard InChI is InChI=1S/C14H13BrO4S/c1-8-9(6-12(20-8)14(16)17)7-19-13-10(15)4-3-5-11(13)18-2/h3-6H,7H2,1-2H3,(H,16,17). The lowest BCUT2D eigenvalue weighted by atomic mass is 10.2. The van der Waals surface area contributed by atoms with Crippen LogP contribution in [0, 0.1) is 6.92 Å². The van der Waals surface area contributed by atoms with Crippen LogP contribution in [0.2, 0.25) is 0 Å². The molecule has 0 fully saturated rings. The fourth-order valence-corrected chi connectivity index (χ4v) is 3.04. The minimum atomic E-state index is -0.914. The van der Waals surface area contributed by atoms with Crippen molar-refractivity contribution in [3.05, 3.63) is 44.1 Å². The van der Waals surface area contributed by atoms with Gasteiger partial charge in [0.2, 0.25) is 0 Å². The van der Waals surface area contributed by atoms with Crippen molar-refractivity contribution < 1.29 is 19.4 Å². The predicted octanol–water partition coefficient (Wildman–Crippen LogP) is 4.10. The van der Waals surface area contributed by atoms with Crippen molar-refractivity contribution in [2.75, 3.05) is 7.11 Å². The van der Waals surface area contributed by atoms with Crippen molar-refractivity contribution in [1.82, 2.24) is 0 Å². The van der Waals surface area contributed by atoms with Crippen molar-refractivity contribution in [3.63, 3.8) is 0 Å². The maximum absolute atomic E-state index is 10.9. The molecule has 0 atom stereocenters.